The summed E-state index contributed by atoms with van der Waals surface area (Å²) in [5.74, 6) is 1.19. The lowest BCUT2D eigenvalue weighted by Crippen LogP contribution is -2.43. The van der Waals surface area contributed by atoms with E-state index in [1.807, 2.05) is 48.5 Å². The number of likely N-dealkylation sites (tertiary alicyclic amines) is 2. The zero-order valence-electron chi connectivity index (χ0n) is 30.6. The summed E-state index contributed by atoms with van der Waals surface area (Å²) < 4.78 is 11.0. The second kappa shape index (κ2) is 18.7. The lowest BCUT2D eigenvalue weighted by molar-refractivity contribution is -0.119. The molecule has 1 aromatic heterocycles. The van der Waals surface area contributed by atoms with Crippen LogP contribution in [0.3, 0.4) is 0 Å². The number of aromatic nitrogens is 2. The normalized spacial score (nSPS) is 20.2. The molecule has 0 spiro atoms. The molecular weight excluding hydrogens is 701 g/mol. The molecule has 2 aliphatic rings. The molecule has 1 aromatic rings. The minimum atomic E-state index is -0.707. The number of nitrogens with two attached hydrogens (primary N) is 2. The highest BCUT2D eigenvalue weighted by molar-refractivity contribution is 8.15. The number of carbonyl (C=O) groups excluding carboxylic acids is 4. The summed E-state index contributed by atoms with van der Waals surface area (Å²) in [6.45, 7) is 15.1. The van der Waals surface area contributed by atoms with E-state index in [1.165, 1.54) is 23.1 Å². The lowest BCUT2D eigenvalue weighted by Gasteiger charge is -2.33. The molecule has 17 heteroatoms. The molecule has 0 aliphatic carbocycles. The molecule has 3 heterocycles. The number of ether oxygens (including phenoxy) is 2. The predicted octanol–water partition coefficient (Wildman–Crippen LogP) is 5.47. The van der Waals surface area contributed by atoms with Crippen molar-refractivity contribution in [3.8, 4) is 0 Å². The van der Waals surface area contributed by atoms with E-state index in [-0.39, 0.29) is 47.4 Å². The van der Waals surface area contributed by atoms with Gasteiger partial charge in [-0.2, -0.15) is 16.8 Å². The Hall–Kier alpha value is -2.63. The van der Waals surface area contributed by atoms with E-state index < -0.39 is 16.1 Å². The van der Waals surface area contributed by atoms with Crippen LogP contribution >= 0.6 is 34.9 Å². The van der Waals surface area contributed by atoms with Crippen LogP contribution in [0, 0.1) is 11.8 Å². The number of amidine groups is 1. The Labute approximate surface area is 309 Å². The fraction of sp³-hybridized carbons (Fsp3) is 0.788. The van der Waals surface area contributed by atoms with Gasteiger partial charge in [-0.25, -0.2) is 9.59 Å². The van der Waals surface area contributed by atoms with Crippen LogP contribution in [-0.2, 0) is 25.5 Å². The number of amides is 4. The Kier molecular flexibility index (Phi) is 15.7. The Morgan fingerprint density at radius 1 is 0.900 bits per heavy atom. The third-order valence-corrected chi connectivity index (χ3v) is 10.6. The molecule has 3 unspecified atom stereocenters. The van der Waals surface area contributed by atoms with E-state index in [4.69, 9.17) is 20.9 Å². The topological polar surface area (TPSA) is 195 Å². The summed E-state index contributed by atoms with van der Waals surface area (Å²) in [5, 5.41) is 12.6. The van der Waals surface area contributed by atoms with Gasteiger partial charge in [0.1, 0.15) is 16.2 Å². The van der Waals surface area contributed by atoms with Gasteiger partial charge in [-0.15, -0.1) is 10.2 Å². The van der Waals surface area contributed by atoms with Crippen LogP contribution in [0.25, 0.3) is 0 Å². The zero-order valence-corrected chi connectivity index (χ0v) is 33.1. The molecule has 3 rings (SSSR count). The molecule has 0 bridgehead atoms. The quantitative estimate of drug-likeness (QED) is 0.106. The Morgan fingerprint density at radius 2 is 1.46 bits per heavy atom. The molecule has 0 aromatic carbocycles. The molecule has 2 saturated heterocycles. The number of aliphatic imine (C=N–C) groups is 1. The molecule has 282 valence electrons. The minimum Gasteiger partial charge on any atom is -0.444 e. The first-order chi connectivity index (χ1) is 23.3. The molecule has 2 aliphatic heterocycles. The van der Waals surface area contributed by atoms with Crippen molar-refractivity contribution in [3.05, 3.63) is 5.01 Å². The maximum absolute atomic E-state index is 12.7. The van der Waals surface area contributed by atoms with Gasteiger partial charge in [0, 0.05) is 45.4 Å². The van der Waals surface area contributed by atoms with Crippen LogP contribution in [0.1, 0.15) is 98.4 Å². The minimum absolute atomic E-state index is 0.00616. The van der Waals surface area contributed by atoms with Crippen LogP contribution < -0.4 is 16.8 Å². The Bertz CT molecular complexity index is 1340. The number of aryl methyl sites for hydroxylation is 1. The van der Waals surface area contributed by atoms with Gasteiger partial charge in [0.15, 0.2) is 5.17 Å². The van der Waals surface area contributed by atoms with Crippen LogP contribution in [0.4, 0.5) is 14.7 Å². The van der Waals surface area contributed by atoms with Crippen molar-refractivity contribution in [1.82, 2.24) is 20.0 Å². The van der Waals surface area contributed by atoms with Gasteiger partial charge >= 0.3 is 12.2 Å². The number of nitrogens with zero attached hydrogens (tertiary/aromatic N) is 5. The van der Waals surface area contributed by atoms with Gasteiger partial charge in [-0.05, 0) is 104 Å². The predicted molar refractivity (Wildman–Crippen MR) is 201 cm³/mol. The molecule has 0 saturated carbocycles. The van der Waals surface area contributed by atoms with Gasteiger partial charge in [-0.1, -0.05) is 23.1 Å². The van der Waals surface area contributed by atoms with Crippen molar-refractivity contribution >= 4 is 69.2 Å². The molecule has 3 atom stereocenters. The highest BCUT2D eigenvalue weighted by Crippen LogP contribution is 2.27. The summed E-state index contributed by atoms with van der Waals surface area (Å²) in [6.07, 6.45) is 4.52. The number of hydrogen-bond donors (Lipinski definition) is 3. The number of piperidine rings is 2. The summed E-state index contributed by atoms with van der Waals surface area (Å²) in [4.78, 5) is 57.0. The molecule has 4 amide bonds. The van der Waals surface area contributed by atoms with Crippen LogP contribution in [0.2, 0.25) is 0 Å². The second-order valence-electron chi connectivity index (χ2n) is 15.2. The number of hydrogen-bond acceptors (Lipinski definition) is 12. The summed E-state index contributed by atoms with van der Waals surface area (Å²) in [6, 6.07) is 0. The van der Waals surface area contributed by atoms with Gasteiger partial charge in [0.05, 0.1) is 4.87 Å². The Balaban J connectivity index is 1.32. The van der Waals surface area contributed by atoms with Crippen molar-refractivity contribution < 1.29 is 28.7 Å². The third kappa shape index (κ3) is 16.1. The highest BCUT2D eigenvalue weighted by atomic mass is 32.2. The number of nitrogens with one attached hydrogen (secondary N) is 1. The molecule has 14 nitrogen and oxygen atoms in total. The second-order valence-corrected chi connectivity index (χ2v) is 19.0. The van der Waals surface area contributed by atoms with Crippen molar-refractivity contribution in [2.45, 2.75) is 116 Å². The van der Waals surface area contributed by atoms with Crippen molar-refractivity contribution in [2.24, 2.45) is 28.3 Å². The van der Waals surface area contributed by atoms with E-state index in [0.717, 1.165) is 42.2 Å². The molecule has 2 fully saturated rings. The fourth-order valence-electron chi connectivity index (χ4n) is 5.55. The number of rotatable bonds is 12. The van der Waals surface area contributed by atoms with Crippen LogP contribution in [0.15, 0.2) is 4.99 Å². The van der Waals surface area contributed by atoms with Crippen LogP contribution in [-0.4, -0.2) is 103 Å². The molecular formula is C33H56N8O6S3. The van der Waals surface area contributed by atoms with Gasteiger partial charge in [0.25, 0.3) is 0 Å². The first kappa shape index (κ1) is 41.8. The SMILES string of the molecule is CC(C)(C)OC(=O)N1CCCC(CC(=O)N=C(N)SC(C)(N)CCSCCc2nnc(NC(=O)CC3CCCN(C(=O)OC(C)(C)C)C3)s2)C1. The largest absolute Gasteiger partial charge is 0.444 e. The highest BCUT2D eigenvalue weighted by Gasteiger charge is 2.30. The third-order valence-electron chi connectivity index (χ3n) is 7.77. The lowest BCUT2D eigenvalue weighted by atomic mass is 9.95. The van der Waals surface area contributed by atoms with E-state index in [1.54, 1.807) is 21.6 Å². The van der Waals surface area contributed by atoms with E-state index in [0.29, 0.717) is 50.6 Å². The molecule has 50 heavy (non-hydrogen) atoms. The number of anilines is 1. The first-order valence-corrected chi connectivity index (χ1v) is 20.1. The van der Waals surface area contributed by atoms with Crippen LogP contribution in [0.5, 0.6) is 0 Å². The van der Waals surface area contributed by atoms with E-state index >= 15 is 0 Å². The van der Waals surface area contributed by atoms with Gasteiger partial charge in [0.2, 0.25) is 16.9 Å². The van der Waals surface area contributed by atoms with E-state index in [2.05, 4.69) is 20.5 Å². The average molecular weight is 757 g/mol. The summed E-state index contributed by atoms with van der Waals surface area (Å²) >= 11 is 4.26. The molecule has 0 radical (unpaired) electrons. The summed E-state index contributed by atoms with van der Waals surface area (Å²) in [7, 11) is 0. The monoisotopic (exact) mass is 756 g/mol. The van der Waals surface area contributed by atoms with E-state index in [9.17, 15) is 19.2 Å². The van der Waals surface area contributed by atoms with Gasteiger partial charge in [-0.3, -0.25) is 9.59 Å². The average Bonchev–Trinajstić information content (AvgIpc) is 3.41. The summed E-state index contributed by atoms with van der Waals surface area (Å²) in [5.41, 5.74) is 11.4. The molecule has 5 N–H and O–H groups in total. The van der Waals surface area contributed by atoms with Crippen molar-refractivity contribution in [2.75, 3.05) is 43.0 Å². The number of thioether (sulfide) groups is 2. The maximum Gasteiger partial charge on any atom is 0.410 e. The zero-order chi connectivity index (χ0) is 37.1. The fourth-order valence-corrected chi connectivity index (χ4v) is 8.50. The first-order valence-electron chi connectivity index (χ1n) is 17.3. The maximum atomic E-state index is 12.7. The van der Waals surface area contributed by atoms with Crippen molar-refractivity contribution in [3.63, 3.8) is 0 Å². The smallest absolute Gasteiger partial charge is 0.410 e. The number of carbonyl (C=O) groups is 4. The van der Waals surface area contributed by atoms with Gasteiger partial charge < -0.3 is 36.1 Å². The van der Waals surface area contributed by atoms with Crippen molar-refractivity contribution in [1.29, 1.82) is 0 Å². The standard InChI is InChI=1S/C33H56N8O6S3/c1-31(2,3)46-29(44)40-14-8-10-22(20-40)18-24(42)36-27(34)50-33(7,35)13-17-48-16-12-26-38-39-28(49-26)37-25(43)19-23-11-9-15-41(21-23)30(45)47-32(4,5)6/h22-23H,8-21,35H2,1-7H3,(H2,34,36,42)(H,37,39,43). The Morgan fingerprint density at radius 3 is 2.02 bits per heavy atom.